The highest BCUT2D eigenvalue weighted by atomic mass is 35.5. The molecule has 1 aliphatic rings. The van der Waals surface area contributed by atoms with Crippen molar-refractivity contribution in [2.24, 2.45) is 5.92 Å². The number of hydrogen-bond donors (Lipinski definition) is 1. The van der Waals surface area contributed by atoms with Gasteiger partial charge in [-0.2, -0.15) is 8.78 Å². The topological polar surface area (TPSA) is 38.3 Å². The highest BCUT2D eigenvalue weighted by Gasteiger charge is 2.44. The quantitative estimate of drug-likeness (QED) is 0.770. The monoisotopic (exact) mass is 371 g/mol. The first-order valence-electron chi connectivity index (χ1n) is 7.25. The fourth-order valence-corrected chi connectivity index (χ4v) is 3.11. The Labute approximate surface area is 147 Å². The molecule has 1 aliphatic carbocycles. The Hall–Kier alpha value is -1.85. The molecule has 2 atom stereocenters. The molecule has 2 unspecified atom stereocenters. The van der Waals surface area contributed by atoms with Gasteiger partial charge in [0.2, 0.25) is 5.91 Å². The smallest absolute Gasteiger partial charge is 0.387 e. The molecule has 24 heavy (non-hydrogen) atoms. The van der Waals surface area contributed by atoms with Gasteiger partial charge in [-0.1, -0.05) is 41.4 Å². The van der Waals surface area contributed by atoms with Crippen LogP contribution in [-0.2, 0) is 4.79 Å². The molecule has 1 fully saturated rings. The van der Waals surface area contributed by atoms with Gasteiger partial charge in [0.15, 0.2) is 0 Å². The van der Waals surface area contributed by atoms with Gasteiger partial charge >= 0.3 is 6.61 Å². The van der Waals surface area contributed by atoms with Gasteiger partial charge in [0.05, 0.1) is 5.02 Å². The lowest BCUT2D eigenvalue weighted by Crippen LogP contribution is -2.14. The van der Waals surface area contributed by atoms with Gasteiger partial charge in [-0.15, -0.1) is 0 Å². The summed E-state index contributed by atoms with van der Waals surface area (Å²) in [7, 11) is 0. The third-order valence-electron chi connectivity index (χ3n) is 3.85. The third kappa shape index (κ3) is 3.79. The van der Waals surface area contributed by atoms with Crippen LogP contribution in [0.2, 0.25) is 10.0 Å². The van der Waals surface area contributed by atoms with Gasteiger partial charge in [0.1, 0.15) is 5.75 Å². The Kier molecular flexibility index (Phi) is 4.92. The Bertz CT molecular complexity index is 770. The zero-order valence-corrected chi connectivity index (χ0v) is 13.8. The van der Waals surface area contributed by atoms with E-state index in [9.17, 15) is 13.6 Å². The summed E-state index contributed by atoms with van der Waals surface area (Å²) >= 11 is 12.0. The van der Waals surface area contributed by atoms with Crippen molar-refractivity contribution in [2.45, 2.75) is 19.0 Å². The van der Waals surface area contributed by atoms with E-state index in [0.29, 0.717) is 10.7 Å². The predicted molar refractivity (Wildman–Crippen MR) is 89.0 cm³/mol. The van der Waals surface area contributed by atoms with Crippen molar-refractivity contribution in [1.29, 1.82) is 0 Å². The van der Waals surface area contributed by atoms with Gasteiger partial charge in [-0.05, 0) is 42.2 Å². The highest BCUT2D eigenvalue weighted by molar-refractivity contribution is 6.32. The number of anilines is 1. The van der Waals surface area contributed by atoms with Gasteiger partial charge < -0.3 is 10.1 Å². The van der Waals surface area contributed by atoms with Crippen LogP contribution >= 0.6 is 23.2 Å². The van der Waals surface area contributed by atoms with E-state index in [-0.39, 0.29) is 28.5 Å². The molecule has 0 aliphatic heterocycles. The van der Waals surface area contributed by atoms with Gasteiger partial charge in [0, 0.05) is 16.6 Å². The number of halogens is 4. The minimum atomic E-state index is -2.95. The van der Waals surface area contributed by atoms with E-state index in [1.165, 1.54) is 18.2 Å². The molecule has 0 spiro atoms. The number of benzene rings is 2. The molecule has 7 heteroatoms. The summed E-state index contributed by atoms with van der Waals surface area (Å²) in [4.78, 5) is 12.3. The number of carbonyl (C=O) groups excluding carboxylic acids is 1. The van der Waals surface area contributed by atoms with Crippen molar-refractivity contribution in [3.63, 3.8) is 0 Å². The molecule has 2 aromatic carbocycles. The van der Waals surface area contributed by atoms with Crippen molar-refractivity contribution >= 4 is 34.8 Å². The number of nitrogens with one attached hydrogen (secondary N) is 1. The van der Waals surface area contributed by atoms with Crippen LogP contribution in [-0.4, -0.2) is 12.5 Å². The van der Waals surface area contributed by atoms with Crippen LogP contribution in [0.1, 0.15) is 17.9 Å². The Morgan fingerprint density at radius 3 is 2.58 bits per heavy atom. The van der Waals surface area contributed by atoms with Gasteiger partial charge in [-0.3, -0.25) is 4.79 Å². The van der Waals surface area contributed by atoms with E-state index in [2.05, 4.69) is 10.1 Å². The molecule has 0 radical (unpaired) electrons. The molecule has 126 valence electrons. The maximum absolute atomic E-state index is 12.3. The van der Waals surface area contributed by atoms with Gasteiger partial charge in [-0.25, -0.2) is 0 Å². The van der Waals surface area contributed by atoms with Crippen LogP contribution in [0.3, 0.4) is 0 Å². The zero-order valence-electron chi connectivity index (χ0n) is 12.3. The van der Waals surface area contributed by atoms with Crippen LogP contribution < -0.4 is 10.1 Å². The molecular weight excluding hydrogens is 359 g/mol. The van der Waals surface area contributed by atoms with Crippen molar-refractivity contribution in [3.8, 4) is 5.75 Å². The maximum Gasteiger partial charge on any atom is 0.387 e. The zero-order chi connectivity index (χ0) is 17.3. The Morgan fingerprint density at radius 1 is 1.17 bits per heavy atom. The molecule has 0 aromatic heterocycles. The van der Waals surface area contributed by atoms with E-state index in [1.807, 2.05) is 18.2 Å². The number of alkyl halides is 2. The number of hydrogen-bond acceptors (Lipinski definition) is 2. The minimum Gasteiger partial charge on any atom is -0.433 e. The third-order valence-corrected chi connectivity index (χ3v) is 4.49. The predicted octanol–water partition coefficient (Wildman–Crippen LogP) is 5.34. The molecule has 3 nitrogen and oxygen atoms in total. The molecular formula is C17H13Cl2F2NO2. The number of carbonyl (C=O) groups is 1. The van der Waals surface area contributed by atoms with Crippen LogP contribution in [0.5, 0.6) is 5.75 Å². The first kappa shape index (κ1) is 17.0. The van der Waals surface area contributed by atoms with Gasteiger partial charge in [0.25, 0.3) is 0 Å². The average Bonchev–Trinajstić information content (AvgIpc) is 3.30. The second kappa shape index (κ2) is 6.95. The molecule has 2 aromatic rings. The first-order chi connectivity index (χ1) is 11.5. The van der Waals surface area contributed by atoms with E-state index >= 15 is 0 Å². The largest absolute Gasteiger partial charge is 0.433 e. The van der Waals surface area contributed by atoms with E-state index in [0.717, 1.165) is 12.0 Å². The second-order valence-electron chi connectivity index (χ2n) is 5.48. The van der Waals surface area contributed by atoms with Crippen molar-refractivity contribution in [2.75, 3.05) is 5.32 Å². The number of amides is 1. The lowest BCUT2D eigenvalue weighted by atomic mass is 10.1. The molecule has 0 saturated heterocycles. The molecule has 0 heterocycles. The number of rotatable bonds is 5. The first-order valence-corrected chi connectivity index (χ1v) is 8.01. The Balaban J connectivity index is 1.64. The molecule has 1 N–H and O–H groups in total. The fourth-order valence-electron chi connectivity index (χ4n) is 2.61. The van der Waals surface area contributed by atoms with Crippen LogP contribution in [0.4, 0.5) is 14.5 Å². The summed E-state index contributed by atoms with van der Waals surface area (Å²) in [6.45, 7) is -2.95. The summed E-state index contributed by atoms with van der Waals surface area (Å²) in [5, 5.41) is 3.39. The standard InChI is InChI=1S/C17H13Cl2F2NO2/c18-13-4-2-1-3-10(13)11-8-12(11)16(23)22-9-5-6-15(14(19)7-9)24-17(20)21/h1-7,11-12,17H,8H2,(H,22,23). The Morgan fingerprint density at radius 2 is 1.92 bits per heavy atom. The normalized spacial score (nSPS) is 19.2. The van der Waals surface area contributed by atoms with Crippen molar-refractivity contribution < 1.29 is 18.3 Å². The molecule has 3 rings (SSSR count). The summed E-state index contributed by atoms with van der Waals surface area (Å²) in [6, 6.07) is 11.6. The average molecular weight is 372 g/mol. The summed E-state index contributed by atoms with van der Waals surface area (Å²) in [5.74, 6) is -0.361. The van der Waals surface area contributed by atoms with Crippen molar-refractivity contribution in [3.05, 3.63) is 58.1 Å². The summed E-state index contributed by atoms with van der Waals surface area (Å²) in [5.41, 5.74) is 1.38. The number of ether oxygens (including phenoxy) is 1. The SMILES string of the molecule is O=C(Nc1ccc(OC(F)F)c(Cl)c1)C1CC1c1ccccc1Cl. The fraction of sp³-hybridized carbons (Fsp3) is 0.235. The van der Waals surface area contributed by atoms with Crippen molar-refractivity contribution in [1.82, 2.24) is 0 Å². The maximum atomic E-state index is 12.3. The van der Waals surface area contributed by atoms with E-state index < -0.39 is 6.61 Å². The van der Waals surface area contributed by atoms with E-state index in [4.69, 9.17) is 23.2 Å². The van der Waals surface area contributed by atoms with E-state index in [1.54, 1.807) is 6.07 Å². The highest BCUT2D eigenvalue weighted by Crippen LogP contribution is 2.50. The van der Waals surface area contributed by atoms with Crippen LogP contribution in [0, 0.1) is 5.92 Å². The summed E-state index contributed by atoms with van der Waals surface area (Å²) in [6.07, 6.45) is 0.718. The lowest BCUT2D eigenvalue weighted by Gasteiger charge is -2.10. The second-order valence-corrected chi connectivity index (χ2v) is 6.30. The molecule has 1 amide bonds. The lowest BCUT2D eigenvalue weighted by molar-refractivity contribution is -0.117. The van der Waals surface area contributed by atoms with Crippen LogP contribution in [0.15, 0.2) is 42.5 Å². The summed E-state index contributed by atoms with van der Waals surface area (Å²) < 4.78 is 28.7. The molecule has 1 saturated carbocycles. The van der Waals surface area contributed by atoms with Crippen LogP contribution in [0.25, 0.3) is 0 Å². The molecule has 0 bridgehead atoms. The minimum absolute atomic E-state index is 0.00607.